The van der Waals surface area contributed by atoms with Crippen molar-refractivity contribution in [2.45, 2.75) is 6.92 Å². The van der Waals surface area contributed by atoms with Crippen LogP contribution in [0.15, 0.2) is 88.2 Å². The lowest BCUT2D eigenvalue weighted by molar-refractivity contribution is -0.113. The molecule has 0 atom stereocenters. The molecular weight excluding hydrogens is 402 g/mol. The van der Waals surface area contributed by atoms with Crippen molar-refractivity contribution in [3.05, 3.63) is 99.9 Å². The molecule has 0 bridgehead atoms. The second-order valence-corrected chi connectivity index (χ2v) is 7.14. The SMILES string of the molecule is Cc1ccc(N2C(=O)/C(=C\c3ccncc3)N=C2c2ccc(Br)cc2)cc1. The van der Waals surface area contributed by atoms with Gasteiger partial charge in [0.05, 0.1) is 5.69 Å². The van der Waals surface area contributed by atoms with Gasteiger partial charge in [-0.15, -0.1) is 0 Å². The number of anilines is 1. The molecular formula is C22H16BrN3O. The third-order valence-electron chi connectivity index (χ3n) is 4.26. The van der Waals surface area contributed by atoms with Gasteiger partial charge in [-0.1, -0.05) is 45.8 Å². The molecule has 4 rings (SSSR count). The lowest BCUT2D eigenvalue weighted by Crippen LogP contribution is -2.32. The molecule has 1 amide bonds. The molecule has 0 fully saturated rings. The number of aryl methyl sites for hydroxylation is 1. The Labute approximate surface area is 166 Å². The van der Waals surface area contributed by atoms with Crippen LogP contribution in [0.4, 0.5) is 5.69 Å². The summed E-state index contributed by atoms with van der Waals surface area (Å²) in [4.78, 5) is 23.5. The van der Waals surface area contributed by atoms with Crippen LogP contribution in [0.25, 0.3) is 6.08 Å². The van der Waals surface area contributed by atoms with Gasteiger partial charge in [0.15, 0.2) is 0 Å². The van der Waals surface area contributed by atoms with E-state index in [-0.39, 0.29) is 5.91 Å². The van der Waals surface area contributed by atoms with Crippen molar-refractivity contribution >= 4 is 39.4 Å². The Morgan fingerprint density at radius 2 is 1.59 bits per heavy atom. The van der Waals surface area contributed by atoms with E-state index < -0.39 is 0 Å². The maximum Gasteiger partial charge on any atom is 0.282 e. The highest BCUT2D eigenvalue weighted by Gasteiger charge is 2.32. The van der Waals surface area contributed by atoms with Gasteiger partial charge in [-0.05, 0) is 55.0 Å². The first kappa shape index (κ1) is 17.4. The summed E-state index contributed by atoms with van der Waals surface area (Å²) in [5, 5.41) is 0. The highest BCUT2D eigenvalue weighted by atomic mass is 79.9. The Bertz CT molecular complexity index is 1040. The fourth-order valence-corrected chi connectivity index (χ4v) is 3.12. The van der Waals surface area contributed by atoms with Crippen LogP contribution in [0.1, 0.15) is 16.7 Å². The van der Waals surface area contributed by atoms with Gasteiger partial charge in [0.25, 0.3) is 5.91 Å². The number of aromatic nitrogens is 1. The minimum absolute atomic E-state index is 0.145. The first-order chi connectivity index (χ1) is 13.1. The molecule has 1 aliphatic rings. The standard InChI is InChI=1S/C22H16BrN3O/c1-15-2-8-19(9-3-15)26-21(17-4-6-18(23)7-5-17)25-20(22(26)27)14-16-10-12-24-13-11-16/h2-14H,1H3/b20-14+. The van der Waals surface area contributed by atoms with Crippen LogP contribution in [0.2, 0.25) is 0 Å². The van der Waals surface area contributed by atoms with E-state index in [2.05, 4.69) is 25.9 Å². The summed E-state index contributed by atoms with van der Waals surface area (Å²) in [6.45, 7) is 2.02. The molecule has 4 nitrogen and oxygen atoms in total. The molecule has 0 saturated heterocycles. The van der Waals surface area contributed by atoms with Gasteiger partial charge in [-0.2, -0.15) is 0 Å². The maximum absolute atomic E-state index is 13.2. The summed E-state index contributed by atoms with van der Waals surface area (Å²) in [6, 6.07) is 19.4. The average Bonchev–Trinajstić information content (AvgIpc) is 3.00. The first-order valence-corrected chi connectivity index (χ1v) is 9.28. The monoisotopic (exact) mass is 417 g/mol. The van der Waals surface area contributed by atoms with Crippen molar-refractivity contribution in [1.29, 1.82) is 0 Å². The Morgan fingerprint density at radius 1 is 0.926 bits per heavy atom. The number of amides is 1. The zero-order valence-corrected chi connectivity index (χ0v) is 16.2. The molecule has 0 N–H and O–H groups in total. The molecule has 1 aromatic heterocycles. The van der Waals surface area contributed by atoms with Crippen molar-refractivity contribution < 1.29 is 4.79 Å². The molecule has 1 aliphatic heterocycles. The van der Waals surface area contributed by atoms with Crippen LogP contribution in [0, 0.1) is 6.92 Å². The van der Waals surface area contributed by atoms with Crippen LogP contribution in [-0.2, 0) is 4.79 Å². The molecule has 3 aromatic rings. The number of pyridine rings is 1. The Kier molecular flexibility index (Phi) is 4.69. The van der Waals surface area contributed by atoms with E-state index >= 15 is 0 Å². The quantitative estimate of drug-likeness (QED) is 0.563. The molecule has 0 aliphatic carbocycles. The number of aliphatic imine (C=N–C) groups is 1. The number of benzene rings is 2. The number of carbonyl (C=O) groups excluding carboxylic acids is 1. The zero-order chi connectivity index (χ0) is 18.8. The number of amidine groups is 1. The Balaban J connectivity index is 1.82. The summed E-state index contributed by atoms with van der Waals surface area (Å²) in [5.41, 5.74) is 4.11. The van der Waals surface area contributed by atoms with Crippen molar-refractivity contribution in [2.24, 2.45) is 4.99 Å². The van der Waals surface area contributed by atoms with Crippen molar-refractivity contribution in [1.82, 2.24) is 4.98 Å². The Hall–Kier alpha value is -3.05. The summed E-state index contributed by atoms with van der Waals surface area (Å²) < 4.78 is 0.977. The van der Waals surface area contributed by atoms with E-state index in [0.29, 0.717) is 11.5 Å². The number of rotatable bonds is 3. The zero-order valence-electron chi connectivity index (χ0n) is 14.6. The van der Waals surface area contributed by atoms with E-state index in [9.17, 15) is 4.79 Å². The molecule has 5 heteroatoms. The second-order valence-electron chi connectivity index (χ2n) is 6.23. The molecule has 27 heavy (non-hydrogen) atoms. The fraction of sp³-hybridized carbons (Fsp3) is 0.0455. The topological polar surface area (TPSA) is 45.6 Å². The predicted octanol–water partition coefficient (Wildman–Crippen LogP) is 4.99. The van der Waals surface area contributed by atoms with Crippen LogP contribution in [0.3, 0.4) is 0 Å². The number of halogens is 1. The largest absolute Gasteiger partial charge is 0.282 e. The van der Waals surface area contributed by atoms with E-state index in [1.807, 2.05) is 67.6 Å². The van der Waals surface area contributed by atoms with E-state index in [1.165, 1.54) is 0 Å². The molecule has 2 aromatic carbocycles. The van der Waals surface area contributed by atoms with Crippen LogP contribution >= 0.6 is 15.9 Å². The number of hydrogen-bond donors (Lipinski definition) is 0. The molecule has 2 heterocycles. The maximum atomic E-state index is 13.2. The lowest BCUT2D eigenvalue weighted by atomic mass is 10.1. The van der Waals surface area contributed by atoms with Crippen LogP contribution < -0.4 is 4.90 Å². The number of carbonyl (C=O) groups is 1. The average molecular weight is 418 g/mol. The van der Waals surface area contributed by atoms with Gasteiger partial charge in [0, 0.05) is 22.4 Å². The van der Waals surface area contributed by atoms with Gasteiger partial charge in [0.2, 0.25) is 0 Å². The first-order valence-electron chi connectivity index (χ1n) is 8.49. The summed E-state index contributed by atoms with van der Waals surface area (Å²) >= 11 is 3.45. The lowest BCUT2D eigenvalue weighted by Gasteiger charge is -2.18. The summed E-state index contributed by atoms with van der Waals surface area (Å²) in [6.07, 6.45) is 5.18. The van der Waals surface area contributed by atoms with Crippen molar-refractivity contribution in [2.75, 3.05) is 4.90 Å². The van der Waals surface area contributed by atoms with E-state index in [0.717, 1.165) is 26.9 Å². The van der Waals surface area contributed by atoms with Gasteiger partial charge in [-0.3, -0.25) is 14.7 Å². The predicted molar refractivity (Wildman–Crippen MR) is 112 cm³/mol. The Morgan fingerprint density at radius 3 is 2.26 bits per heavy atom. The highest BCUT2D eigenvalue weighted by molar-refractivity contribution is 9.10. The minimum atomic E-state index is -0.145. The smallest absolute Gasteiger partial charge is 0.266 e. The number of hydrogen-bond acceptors (Lipinski definition) is 3. The van der Waals surface area contributed by atoms with Gasteiger partial charge >= 0.3 is 0 Å². The molecule has 0 saturated carbocycles. The molecule has 132 valence electrons. The highest BCUT2D eigenvalue weighted by Crippen LogP contribution is 2.28. The third-order valence-corrected chi connectivity index (χ3v) is 4.79. The van der Waals surface area contributed by atoms with Crippen molar-refractivity contribution in [3.63, 3.8) is 0 Å². The minimum Gasteiger partial charge on any atom is -0.266 e. The normalized spacial score (nSPS) is 15.3. The summed E-state index contributed by atoms with van der Waals surface area (Å²) in [7, 11) is 0. The van der Waals surface area contributed by atoms with E-state index in [4.69, 9.17) is 0 Å². The fourth-order valence-electron chi connectivity index (χ4n) is 2.86. The molecule has 0 radical (unpaired) electrons. The number of nitrogens with zero attached hydrogens (tertiary/aromatic N) is 3. The second kappa shape index (κ2) is 7.29. The van der Waals surface area contributed by atoms with Gasteiger partial charge in [-0.25, -0.2) is 4.99 Å². The van der Waals surface area contributed by atoms with Gasteiger partial charge in [0.1, 0.15) is 11.5 Å². The van der Waals surface area contributed by atoms with E-state index in [1.54, 1.807) is 23.4 Å². The van der Waals surface area contributed by atoms with Gasteiger partial charge < -0.3 is 0 Å². The third kappa shape index (κ3) is 3.59. The van der Waals surface area contributed by atoms with Crippen LogP contribution in [0.5, 0.6) is 0 Å². The van der Waals surface area contributed by atoms with Crippen molar-refractivity contribution in [3.8, 4) is 0 Å². The van der Waals surface area contributed by atoms with Crippen LogP contribution in [-0.4, -0.2) is 16.7 Å². The summed E-state index contributed by atoms with van der Waals surface area (Å²) in [5.74, 6) is 0.477. The molecule has 0 unspecified atom stereocenters. The molecule has 0 spiro atoms.